The van der Waals surface area contributed by atoms with Crippen molar-refractivity contribution >= 4 is 28.9 Å². The standard InChI is InChI=1S/C25H21NOS/c1-2-7-16-12-14-17(15-13-16)25-22-23(18-8-3-4-9-19(18)24(22)27)26-20-10-5-6-11-21(20)28-25/h3-6,8-15,25-26H,2,7H2,1H3/t25-/m1/s1. The minimum Gasteiger partial charge on any atom is -0.354 e. The van der Waals surface area contributed by atoms with Gasteiger partial charge in [-0.1, -0.05) is 74.0 Å². The van der Waals surface area contributed by atoms with Crippen LogP contribution in [0.15, 0.2) is 83.3 Å². The molecule has 3 aromatic carbocycles. The Hall–Kier alpha value is -2.78. The van der Waals surface area contributed by atoms with Crippen LogP contribution in [0.3, 0.4) is 0 Å². The highest BCUT2D eigenvalue weighted by Crippen LogP contribution is 2.52. The van der Waals surface area contributed by atoms with Gasteiger partial charge in [-0.05, 0) is 29.7 Å². The topological polar surface area (TPSA) is 29.1 Å². The third kappa shape index (κ3) is 2.78. The first-order valence-electron chi connectivity index (χ1n) is 9.76. The quantitative estimate of drug-likeness (QED) is 0.559. The number of thioether (sulfide) groups is 1. The molecule has 5 rings (SSSR count). The second-order valence-corrected chi connectivity index (χ2v) is 8.42. The summed E-state index contributed by atoms with van der Waals surface area (Å²) in [6, 6.07) is 25.0. The van der Waals surface area contributed by atoms with Gasteiger partial charge in [0.2, 0.25) is 0 Å². The van der Waals surface area contributed by atoms with Gasteiger partial charge in [0.15, 0.2) is 5.78 Å². The van der Waals surface area contributed by atoms with Crippen molar-refractivity contribution in [3.8, 4) is 0 Å². The third-order valence-electron chi connectivity index (χ3n) is 5.43. The van der Waals surface area contributed by atoms with Crippen LogP contribution < -0.4 is 5.32 Å². The number of fused-ring (bicyclic) bond motifs is 3. The minimum atomic E-state index is -0.0262. The van der Waals surface area contributed by atoms with Gasteiger partial charge < -0.3 is 5.32 Å². The van der Waals surface area contributed by atoms with Crippen molar-refractivity contribution in [3.05, 3.63) is 101 Å². The summed E-state index contributed by atoms with van der Waals surface area (Å²) in [5, 5.41) is 3.55. The second kappa shape index (κ2) is 6.99. The zero-order valence-corrected chi connectivity index (χ0v) is 16.6. The lowest BCUT2D eigenvalue weighted by atomic mass is 9.99. The summed E-state index contributed by atoms with van der Waals surface area (Å²) in [5.74, 6) is 0.140. The molecule has 3 heteroatoms. The number of aryl methyl sites for hydroxylation is 1. The van der Waals surface area contributed by atoms with E-state index in [1.165, 1.54) is 16.0 Å². The van der Waals surface area contributed by atoms with Gasteiger partial charge >= 0.3 is 0 Å². The zero-order valence-electron chi connectivity index (χ0n) is 15.7. The number of hydrogen-bond acceptors (Lipinski definition) is 3. The number of anilines is 1. The van der Waals surface area contributed by atoms with Crippen molar-refractivity contribution < 1.29 is 4.79 Å². The molecule has 0 spiro atoms. The summed E-state index contributed by atoms with van der Waals surface area (Å²) >= 11 is 1.76. The molecule has 1 heterocycles. The predicted octanol–water partition coefficient (Wildman–Crippen LogP) is 6.51. The molecular formula is C25H21NOS. The van der Waals surface area contributed by atoms with Crippen LogP contribution in [0.1, 0.15) is 45.6 Å². The zero-order chi connectivity index (χ0) is 19.1. The molecule has 2 nitrogen and oxygen atoms in total. The van der Waals surface area contributed by atoms with Gasteiger partial charge in [-0.15, -0.1) is 11.8 Å². The van der Waals surface area contributed by atoms with Gasteiger partial charge in [0.1, 0.15) is 0 Å². The Bertz CT molecular complexity index is 1100. The van der Waals surface area contributed by atoms with Crippen LogP contribution >= 0.6 is 11.8 Å². The lowest BCUT2D eigenvalue weighted by Gasteiger charge is -2.17. The van der Waals surface area contributed by atoms with Gasteiger partial charge in [-0.25, -0.2) is 0 Å². The van der Waals surface area contributed by atoms with E-state index in [9.17, 15) is 4.79 Å². The van der Waals surface area contributed by atoms with Crippen LogP contribution in [0, 0.1) is 0 Å². The molecule has 0 fully saturated rings. The summed E-state index contributed by atoms with van der Waals surface area (Å²) in [6.07, 6.45) is 2.22. The number of ketones is 1. The fourth-order valence-electron chi connectivity index (χ4n) is 4.06. The van der Waals surface area contributed by atoms with E-state index in [2.05, 4.69) is 54.7 Å². The van der Waals surface area contributed by atoms with Crippen molar-refractivity contribution in [2.45, 2.75) is 29.9 Å². The molecule has 0 saturated carbocycles. The minimum absolute atomic E-state index is 0.0262. The van der Waals surface area contributed by atoms with Crippen molar-refractivity contribution in [2.75, 3.05) is 5.32 Å². The number of carbonyl (C=O) groups excluding carboxylic acids is 1. The van der Waals surface area contributed by atoms with E-state index in [1.807, 2.05) is 30.3 Å². The maximum Gasteiger partial charge on any atom is 0.193 e. The first-order chi connectivity index (χ1) is 13.8. The number of rotatable bonds is 3. The molecule has 0 saturated heterocycles. The molecule has 1 aliphatic carbocycles. The second-order valence-electron chi connectivity index (χ2n) is 7.27. The molecule has 1 atom stereocenters. The first-order valence-corrected chi connectivity index (χ1v) is 10.6. The maximum absolute atomic E-state index is 13.4. The highest BCUT2D eigenvalue weighted by molar-refractivity contribution is 8.00. The summed E-state index contributed by atoms with van der Waals surface area (Å²) in [5.41, 5.74) is 7.22. The van der Waals surface area contributed by atoms with E-state index in [1.54, 1.807) is 11.8 Å². The van der Waals surface area contributed by atoms with Gasteiger partial charge in [-0.3, -0.25) is 4.79 Å². The molecule has 3 aromatic rings. The van der Waals surface area contributed by atoms with Crippen LogP contribution in [0.4, 0.5) is 5.69 Å². The van der Waals surface area contributed by atoms with E-state index in [0.29, 0.717) is 0 Å². The highest BCUT2D eigenvalue weighted by atomic mass is 32.2. The van der Waals surface area contributed by atoms with Crippen LogP contribution in [0.5, 0.6) is 0 Å². The number of para-hydroxylation sites is 1. The lowest BCUT2D eigenvalue weighted by Crippen LogP contribution is -2.07. The largest absolute Gasteiger partial charge is 0.354 e. The Labute approximate surface area is 169 Å². The maximum atomic E-state index is 13.4. The number of benzene rings is 3. The lowest BCUT2D eigenvalue weighted by molar-refractivity contribution is 0.103. The van der Waals surface area contributed by atoms with E-state index < -0.39 is 0 Å². The Kier molecular flexibility index (Phi) is 4.33. The van der Waals surface area contributed by atoms with Gasteiger partial charge in [0, 0.05) is 21.6 Å². The molecule has 1 N–H and O–H groups in total. The van der Waals surface area contributed by atoms with Crippen molar-refractivity contribution in [1.82, 2.24) is 0 Å². The molecule has 2 aliphatic rings. The van der Waals surface area contributed by atoms with Gasteiger partial charge in [0.05, 0.1) is 16.6 Å². The number of nitrogens with one attached hydrogen (secondary N) is 1. The van der Waals surface area contributed by atoms with E-state index in [-0.39, 0.29) is 11.0 Å². The molecule has 0 radical (unpaired) electrons. The average molecular weight is 384 g/mol. The monoisotopic (exact) mass is 383 g/mol. The molecule has 0 amide bonds. The Morgan fingerprint density at radius 1 is 0.893 bits per heavy atom. The molecule has 138 valence electrons. The van der Waals surface area contributed by atoms with Crippen LogP contribution in [-0.2, 0) is 6.42 Å². The summed E-state index contributed by atoms with van der Waals surface area (Å²) < 4.78 is 0. The third-order valence-corrected chi connectivity index (χ3v) is 6.78. The number of carbonyl (C=O) groups is 1. The fourth-order valence-corrected chi connectivity index (χ4v) is 5.36. The SMILES string of the molecule is CCCc1ccc([C@H]2Sc3ccccc3NC3=C2C(=O)c2ccccc23)cc1. The molecule has 0 aromatic heterocycles. The van der Waals surface area contributed by atoms with Crippen molar-refractivity contribution in [2.24, 2.45) is 0 Å². The van der Waals surface area contributed by atoms with E-state index >= 15 is 0 Å². The number of hydrogen-bond donors (Lipinski definition) is 1. The highest BCUT2D eigenvalue weighted by Gasteiger charge is 2.37. The van der Waals surface area contributed by atoms with Gasteiger partial charge in [0.25, 0.3) is 0 Å². The summed E-state index contributed by atoms with van der Waals surface area (Å²) in [6.45, 7) is 2.20. The van der Waals surface area contributed by atoms with Crippen LogP contribution in [-0.4, -0.2) is 5.78 Å². The Morgan fingerprint density at radius 3 is 2.39 bits per heavy atom. The van der Waals surface area contributed by atoms with Gasteiger partial charge in [-0.2, -0.15) is 0 Å². The van der Waals surface area contributed by atoms with E-state index in [0.717, 1.165) is 40.9 Å². The number of Topliss-reactive ketones (excluding diaryl/α,β-unsaturated/α-hetero) is 1. The molecule has 0 unspecified atom stereocenters. The summed E-state index contributed by atoms with van der Waals surface area (Å²) in [7, 11) is 0. The van der Waals surface area contributed by atoms with Crippen molar-refractivity contribution in [3.63, 3.8) is 0 Å². The van der Waals surface area contributed by atoms with Crippen LogP contribution in [0.25, 0.3) is 5.70 Å². The van der Waals surface area contributed by atoms with Crippen LogP contribution in [0.2, 0.25) is 0 Å². The Morgan fingerprint density at radius 2 is 1.61 bits per heavy atom. The van der Waals surface area contributed by atoms with E-state index in [4.69, 9.17) is 0 Å². The normalized spacial score (nSPS) is 17.5. The van der Waals surface area contributed by atoms with Crippen molar-refractivity contribution in [1.29, 1.82) is 0 Å². The predicted molar refractivity (Wildman–Crippen MR) is 117 cm³/mol. The molecule has 28 heavy (non-hydrogen) atoms. The molecule has 1 aliphatic heterocycles. The molecular weight excluding hydrogens is 362 g/mol. The Balaban J connectivity index is 1.67. The summed E-state index contributed by atoms with van der Waals surface area (Å²) in [4.78, 5) is 14.5. The first kappa shape index (κ1) is 17.3. The smallest absolute Gasteiger partial charge is 0.193 e. The fraction of sp³-hybridized carbons (Fsp3) is 0.160. The average Bonchev–Trinajstić information content (AvgIpc) is 2.90. The molecule has 0 bridgehead atoms.